The van der Waals surface area contributed by atoms with Gasteiger partial charge < -0.3 is 0 Å². The molecule has 0 saturated carbocycles. The van der Waals surface area contributed by atoms with Crippen LogP contribution in [0.2, 0.25) is 0 Å². The predicted molar refractivity (Wildman–Crippen MR) is 169 cm³/mol. The van der Waals surface area contributed by atoms with Crippen molar-refractivity contribution in [2.45, 2.75) is 45.4 Å². The fraction of sp³-hybridized carbons (Fsp3) is 0.179. The summed E-state index contributed by atoms with van der Waals surface area (Å²) in [5, 5.41) is 10.8. The van der Waals surface area contributed by atoms with Crippen LogP contribution >= 0.6 is 0 Å². The Morgan fingerprint density at radius 1 is 0.513 bits per heavy atom. The van der Waals surface area contributed by atoms with E-state index in [1.165, 1.54) is 82.0 Å². The molecule has 0 saturated heterocycles. The van der Waals surface area contributed by atoms with E-state index in [9.17, 15) is 0 Å². The number of rotatable bonds is 1. The first-order valence-electron chi connectivity index (χ1n) is 14.1. The molecule has 0 N–H and O–H groups in total. The summed E-state index contributed by atoms with van der Waals surface area (Å²) >= 11 is 0. The van der Waals surface area contributed by atoms with Crippen LogP contribution < -0.4 is 0 Å². The smallest absolute Gasteiger partial charge is 0.0159 e. The second-order valence-electron chi connectivity index (χ2n) is 13.1. The lowest BCUT2D eigenvalue weighted by Gasteiger charge is -2.24. The van der Waals surface area contributed by atoms with Gasteiger partial charge in [-0.15, -0.1) is 0 Å². The van der Waals surface area contributed by atoms with Gasteiger partial charge in [0, 0.05) is 5.41 Å². The van der Waals surface area contributed by atoms with E-state index >= 15 is 0 Å². The number of benzene rings is 7. The van der Waals surface area contributed by atoms with Crippen molar-refractivity contribution in [1.29, 1.82) is 0 Å². The molecule has 0 fully saturated rings. The maximum atomic E-state index is 2.48. The van der Waals surface area contributed by atoms with Gasteiger partial charge in [0.1, 0.15) is 0 Å². The van der Waals surface area contributed by atoms with Gasteiger partial charge in [-0.3, -0.25) is 0 Å². The van der Waals surface area contributed by atoms with Crippen molar-refractivity contribution in [3.63, 3.8) is 0 Å². The van der Waals surface area contributed by atoms with Crippen molar-refractivity contribution < 1.29 is 0 Å². The minimum absolute atomic E-state index is 0.0681. The van der Waals surface area contributed by atoms with Crippen LogP contribution in [0.1, 0.15) is 51.3 Å². The molecule has 0 bridgehead atoms. The van der Waals surface area contributed by atoms with Crippen molar-refractivity contribution in [3.8, 4) is 22.3 Å². The van der Waals surface area contributed by atoms with E-state index in [4.69, 9.17) is 0 Å². The van der Waals surface area contributed by atoms with E-state index in [1.54, 1.807) is 0 Å². The van der Waals surface area contributed by atoms with Gasteiger partial charge in [0.15, 0.2) is 0 Å². The standard InChI is InChI=1S/C39H32/c1-38(2,3)30-19-27-12-13-29-22-34-37(32-17-15-28(20-30)35(27)36(29)32)31-16-14-26(21-33(31)39(34,4)5)25-11-10-23-8-6-7-9-24(23)18-25/h6-22H,1-5H3. The number of hydrogen-bond donors (Lipinski definition) is 0. The Kier molecular flexibility index (Phi) is 4.37. The summed E-state index contributed by atoms with van der Waals surface area (Å²) in [5.41, 5.74) is 9.68. The summed E-state index contributed by atoms with van der Waals surface area (Å²) in [6.07, 6.45) is 0. The summed E-state index contributed by atoms with van der Waals surface area (Å²) in [5.74, 6) is 0. The monoisotopic (exact) mass is 500 g/mol. The highest BCUT2D eigenvalue weighted by atomic mass is 14.4. The first kappa shape index (κ1) is 22.8. The molecule has 39 heavy (non-hydrogen) atoms. The molecule has 7 aromatic carbocycles. The minimum Gasteiger partial charge on any atom is -0.0616 e. The average Bonchev–Trinajstić information content (AvgIpc) is 3.16. The summed E-state index contributed by atoms with van der Waals surface area (Å²) in [6, 6.07) is 39.3. The normalized spacial score (nSPS) is 14.5. The van der Waals surface area contributed by atoms with Crippen LogP contribution in [0.3, 0.4) is 0 Å². The molecule has 8 rings (SSSR count). The summed E-state index contributed by atoms with van der Waals surface area (Å²) in [4.78, 5) is 0. The third-order valence-electron chi connectivity index (χ3n) is 9.30. The number of fused-ring (bicyclic) bond motifs is 5. The van der Waals surface area contributed by atoms with Gasteiger partial charge in [0.2, 0.25) is 0 Å². The van der Waals surface area contributed by atoms with Gasteiger partial charge in [-0.25, -0.2) is 0 Å². The molecule has 0 heterocycles. The fourth-order valence-corrected chi connectivity index (χ4v) is 7.08. The predicted octanol–water partition coefficient (Wildman–Crippen LogP) is 11.0. The lowest BCUT2D eigenvalue weighted by molar-refractivity contribution is 0.591. The molecule has 0 spiro atoms. The summed E-state index contributed by atoms with van der Waals surface area (Å²) < 4.78 is 0. The molecule has 0 heteroatoms. The second kappa shape index (κ2) is 7.48. The molecule has 0 radical (unpaired) electrons. The zero-order valence-electron chi connectivity index (χ0n) is 23.3. The maximum absolute atomic E-state index is 2.48. The molecule has 0 unspecified atom stereocenters. The van der Waals surface area contributed by atoms with Crippen molar-refractivity contribution in [3.05, 3.63) is 120 Å². The first-order chi connectivity index (χ1) is 18.7. The van der Waals surface area contributed by atoms with E-state index in [2.05, 4.69) is 138 Å². The molecule has 0 aromatic heterocycles. The maximum Gasteiger partial charge on any atom is 0.0159 e. The highest BCUT2D eigenvalue weighted by molar-refractivity contribution is 6.26. The van der Waals surface area contributed by atoms with Crippen molar-refractivity contribution in [2.24, 2.45) is 0 Å². The second-order valence-corrected chi connectivity index (χ2v) is 13.1. The Morgan fingerprint density at radius 2 is 1.13 bits per heavy atom. The largest absolute Gasteiger partial charge is 0.0616 e. The molecular formula is C39H32. The molecule has 0 nitrogen and oxygen atoms in total. The van der Waals surface area contributed by atoms with Crippen LogP contribution in [0.4, 0.5) is 0 Å². The van der Waals surface area contributed by atoms with E-state index in [0.29, 0.717) is 0 Å². The molecule has 188 valence electrons. The van der Waals surface area contributed by atoms with Crippen LogP contribution in [0.25, 0.3) is 65.3 Å². The zero-order chi connectivity index (χ0) is 26.7. The molecule has 0 atom stereocenters. The van der Waals surface area contributed by atoms with E-state index in [0.717, 1.165) is 0 Å². The van der Waals surface area contributed by atoms with Crippen molar-refractivity contribution in [1.82, 2.24) is 0 Å². The van der Waals surface area contributed by atoms with Gasteiger partial charge in [0.25, 0.3) is 0 Å². The Labute approximate surface area is 230 Å². The topological polar surface area (TPSA) is 0 Å². The van der Waals surface area contributed by atoms with Crippen molar-refractivity contribution in [2.75, 3.05) is 0 Å². The van der Waals surface area contributed by atoms with Crippen LogP contribution in [0.5, 0.6) is 0 Å². The van der Waals surface area contributed by atoms with Gasteiger partial charge >= 0.3 is 0 Å². The third-order valence-corrected chi connectivity index (χ3v) is 9.30. The highest BCUT2D eigenvalue weighted by Crippen LogP contribution is 2.54. The van der Waals surface area contributed by atoms with Gasteiger partial charge in [-0.1, -0.05) is 120 Å². The van der Waals surface area contributed by atoms with Crippen LogP contribution in [-0.4, -0.2) is 0 Å². The SMILES string of the molecule is CC(C)(C)c1cc2ccc3cc4c(c5ccc(c1)c2c35)-c1ccc(-c2ccc3ccccc3c2)cc1C4(C)C. The number of hydrogen-bond acceptors (Lipinski definition) is 0. The van der Waals surface area contributed by atoms with Crippen LogP contribution in [-0.2, 0) is 10.8 Å². The highest BCUT2D eigenvalue weighted by Gasteiger charge is 2.37. The average molecular weight is 501 g/mol. The molecule has 1 aliphatic rings. The quantitative estimate of drug-likeness (QED) is 0.197. The van der Waals surface area contributed by atoms with E-state index < -0.39 is 0 Å². The molecular weight excluding hydrogens is 468 g/mol. The molecule has 1 aliphatic carbocycles. The lowest BCUT2D eigenvalue weighted by atomic mass is 9.79. The Hall–Kier alpha value is -4.16. The first-order valence-corrected chi connectivity index (χ1v) is 14.1. The van der Waals surface area contributed by atoms with Crippen LogP contribution in [0.15, 0.2) is 103 Å². The van der Waals surface area contributed by atoms with Gasteiger partial charge in [0.05, 0.1) is 0 Å². The summed E-state index contributed by atoms with van der Waals surface area (Å²) in [6.45, 7) is 11.7. The molecule has 0 aliphatic heterocycles. The Morgan fingerprint density at radius 3 is 1.87 bits per heavy atom. The van der Waals surface area contributed by atoms with E-state index in [-0.39, 0.29) is 10.8 Å². The summed E-state index contributed by atoms with van der Waals surface area (Å²) in [7, 11) is 0. The molecule has 0 amide bonds. The Balaban J connectivity index is 1.38. The minimum atomic E-state index is -0.0681. The zero-order valence-corrected chi connectivity index (χ0v) is 23.3. The third kappa shape index (κ3) is 3.12. The van der Waals surface area contributed by atoms with Gasteiger partial charge in [-0.05, 0) is 106 Å². The van der Waals surface area contributed by atoms with E-state index in [1.807, 2.05) is 0 Å². The molecule has 7 aromatic rings. The fourth-order valence-electron chi connectivity index (χ4n) is 7.08. The van der Waals surface area contributed by atoms with Crippen LogP contribution in [0, 0.1) is 0 Å². The van der Waals surface area contributed by atoms with Crippen molar-refractivity contribution >= 4 is 43.1 Å². The van der Waals surface area contributed by atoms with Gasteiger partial charge in [-0.2, -0.15) is 0 Å². The lowest BCUT2D eigenvalue weighted by Crippen LogP contribution is -2.15. The Bertz CT molecular complexity index is 2100.